The first-order valence-corrected chi connectivity index (χ1v) is 5.20. The van der Waals surface area contributed by atoms with Gasteiger partial charge in [-0.1, -0.05) is 23.9 Å². The van der Waals surface area contributed by atoms with Crippen molar-refractivity contribution in [1.29, 1.82) is 0 Å². The fraction of sp³-hybridized carbons (Fsp3) is 0.222. The summed E-state index contributed by atoms with van der Waals surface area (Å²) in [5, 5.41) is 4.38. The number of nitrogens with one attached hydrogen (secondary N) is 2. The molecule has 2 N–H and O–H groups in total. The molecule has 0 spiro atoms. The van der Waals surface area contributed by atoms with Crippen LogP contribution in [0.5, 0.6) is 0 Å². The molecule has 80 valence electrons. The zero-order valence-corrected chi connectivity index (χ0v) is 8.89. The van der Waals surface area contributed by atoms with Gasteiger partial charge in [-0.25, -0.2) is 0 Å². The van der Waals surface area contributed by atoms with Crippen molar-refractivity contribution in [3.63, 3.8) is 0 Å². The van der Waals surface area contributed by atoms with Crippen LogP contribution in [0.25, 0.3) is 6.08 Å². The second-order valence-electron chi connectivity index (χ2n) is 2.75. The highest BCUT2D eigenvalue weighted by molar-refractivity contribution is 8.13. The van der Waals surface area contributed by atoms with Gasteiger partial charge in [-0.05, 0) is 0 Å². The number of H-pyrrole nitrogens is 2. The summed E-state index contributed by atoms with van der Waals surface area (Å²) in [6.45, 7) is 1.47. The van der Waals surface area contributed by atoms with Crippen molar-refractivity contribution in [3.05, 3.63) is 38.4 Å². The first kappa shape index (κ1) is 11.5. The van der Waals surface area contributed by atoms with Crippen molar-refractivity contribution >= 4 is 23.0 Å². The van der Waals surface area contributed by atoms with Gasteiger partial charge in [-0.3, -0.25) is 24.6 Å². The molecule has 0 saturated carbocycles. The molecule has 0 aliphatic rings. The van der Waals surface area contributed by atoms with Gasteiger partial charge in [0.2, 0.25) is 0 Å². The van der Waals surface area contributed by atoms with Gasteiger partial charge in [0, 0.05) is 24.3 Å². The van der Waals surface area contributed by atoms with E-state index in [9.17, 15) is 14.4 Å². The third-order valence-electron chi connectivity index (χ3n) is 1.53. The average molecular weight is 226 g/mol. The number of thioether (sulfide) groups is 1. The molecule has 0 bridgehead atoms. The van der Waals surface area contributed by atoms with Crippen LogP contribution in [0, 0.1) is 0 Å². The third-order valence-corrected chi connectivity index (χ3v) is 2.29. The van der Waals surface area contributed by atoms with E-state index in [4.69, 9.17) is 0 Å². The molecule has 5 nitrogen and oxygen atoms in total. The van der Waals surface area contributed by atoms with Gasteiger partial charge < -0.3 is 0 Å². The van der Waals surface area contributed by atoms with Crippen molar-refractivity contribution in [1.82, 2.24) is 10.2 Å². The summed E-state index contributed by atoms with van der Waals surface area (Å²) in [6.07, 6.45) is 3.18. The molecule has 1 aromatic heterocycles. The highest BCUT2D eigenvalue weighted by atomic mass is 32.2. The van der Waals surface area contributed by atoms with E-state index >= 15 is 0 Å². The normalized spacial score (nSPS) is 10.7. The minimum atomic E-state index is -0.367. The highest BCUT2D eigenvalue weighted by Gasteiger charge is 1.95. The summed E-state index contributed by atoms with van der Waals surface area (Å²) in [6, 6.07) is 1.20. The predicted octanol–water partition coefficient (Wildman–Crippen LogP) is 0.356. The summed E-state index contributed by atoms with van der Waals surface area (Å²) in [5.74, 6) is 0.488. The molecule has 0 aromatic carbocycles. The lowest BCUT2D eigenvalue weighted by Gasteiger charge is -1.90. The van der Waals surface area contributed by atoms with E-state index in [1.807, 2.05) is 0 Å². The first-order chi connectivity index (χ1) is 7.09. The van der Waals surface area contributed by atoms with Crippen LogP contribution >= 0.6 is 11.8 Å². The van der Waals surface area contributed by atoms with E-state index in [1.54, 1.807) is 6.08 Å². The predicted molar refractivity (Wildman–Crippen MR) is 59.9 cm³/mol. The number of hydrogen-bond acceptors (Lipinski definition) is 4. The molecule has 1 aromatic rings. The van der Waals surface area contributed by atoms with Gasteiger partial charge in [0.25, 0.3) is 11.1 Å². The number of aromatic amines is 2. The number of hydrogen-bond donors (Lipinski definition) is 2. The van der Waals surface area contributed by atoms with Crippen LogP contribution in [0.1, 0.15) is 12.5 Å². The topological polar surface area (TPSA) is 82.8 Å². The maximum Gasteiger partial charge on any atom is 0.269 e. The van der Waals surface area contributed by atoms with Gasteiger partial charge in [0.05, 0.1) is 0 Å². The summed E-state index contributed by atoms with van der Waals surface area (Å²) in [7, 11) is 0. The maximum atomic E-state index is 11.1. The van der Waals surface area contributed by atoms with Crippen LogP contribution in [0.15, 0.2) is 21.7 Å². The van der Waals surface area contributed by atoms with Crippen LogP contribution in [0.4, 0.5) is 0 Å². The lowest BCUT2D eigenvalue weighted by molar-refractivity contribution is -0.109. The molecule has 0 aliphatic carbocycles. The molecule has 6 heteroatoms. The van der Waals surface area contributed by atoms with Crippen LogP contribution in [0.2, 0.25) is 0 Å². The summed E-state index contributed by atoms with van der Waals surface area (Å²) in [5.41, 5.74) is -0.449. The van der Waals surface area contributed by atoms with E-state index in [-0.39, 0.29) is 21.8 Å². The standard InChI is InChI=1S/C9H10N2O3S/c1-6(12)15-4-2-3-7-5-8(13)10-11-9(7)14/h2-3,5H,4H2,1H3,(H,10,13)(H,11,14). The molecule has 15 heavy (non-hydrogen) atoms. The first-order valence-electron chi connectivity index (χ1n) is 4.21. The number of carbonyl (C=O) groups is 1. The third kappa shape index (κ3) is 3.99. The molecule has 0 radical (unpaired) electrons. The monoisotopic (exact) mass is 226 g/mol. The molecule has 0 amide bonds. The lowest BCUT2D eigenvalue weighted by atomic mass is 10.3. The van der Waals surface area contributed by atoms with Crippen LogP contribution in [-0.2, 0) is 4.79 Å². The van der Waals surface area contributed by atoms with Crippen molar-refractivity contribution in [2.24, 2.45) is 0 Å². The molecule has 0 saturated heterocycles. The van der Waals surface area contributed by atoms with Crippen molar-refractivity contribution in [2.45, 2.75) is 6.92 Å². The highest BCUT2D eigenvalue weighted by Crippen LogP contribution is 2.01. The maximum absolute atomic E-state index is 11.1. The number of rotatable bonds is 3. The Morgan fingerprint density at radius 1 is 1.47 bits per heavy atom. The van der Waals surface area contributed by atoms with E-state index in [2.05, 4.69) is 10.2 Å². The molecule has 0 aliphatic heterocycles. The van der Waals surface area contributed by atoms with Crippen LogP contribution in [-0.4, -0.2) is 21.1 Å². The zero-order valence-electron chi connectivity index (χ0n) is 8.07. The Morgan fingerprint density at radius 3 is 2.87 bits per heavy atom. The minimum Gasteiger partial charge on any atom is -0.288 e. The van der Waals surface area contributed by atoms with Crippen molar-refractivity contribution in [2.75, 3.05) is 5.75 Å². The van der Waals surface area contributed by atoms with E-state index < -0.39 is 0 Å². The Morgan fingerprint density at radius 2 is 2.20 bits per heavy atom. The SMILES string of the molecule is CC(=O)SCC=Cc1cc(=O)[nH][nH]c1=O. The van der Waals surface area contributed by atoms with Gasteiger partial charge >= 0.3 is 0 Å². The Labute approximate surface area is 89.6 Å². The number of carbonyl (C=O) groups excluding carboxylic acids is 1. The van der Waals surface area contributed by atoms with Gasteiger partial charge in [-0.2, -0.15) is 0 Å². The van der Waals surface area contributed by atoms with E-state index in [0.717, 1.165) is 11.8 Å². The summed E-state index contributed by atoms with van der Waals surface area (Å²) < 4.78 is 0. The van der Waals surface area contributed by atoms with Crippen LogP contribution < -0.4 is 11.1 Å². The largest absolute Gasteiger partial charge is 0.288 e. The smallest absolute Gasteiger partial charge is 0.269 e. The van der Waals surface area contributed by atoms with Gasteiger partial charge in [0.1, 0.15) is 0 Å². The Kier molecular flexibility index (Phi) is 4.11. The Hall–Kier alpha value is -1.56. The quantitative estimate of drug-likeness (QED) is 0.779. The van der Waals surface area contributed by atoms with Gasteiger partial charge in [-0.15, -0.1) is 0 Å². The summed E-state index contributed by atoms with van der Waals surface area (Å²) >= 11 is 1.14. The fourth-order valence-electron chi connectivity index (χ4n) is 0.898. The van der Waals surface area contributed by atoms with Crippen molar-refractivity contribution < 1.29 is 4.79 Å². The molecular formula is C9H10N2O3S. The van der Waals surface area contributed by atoms with Crippen molar-refractivity contribution in [3.8, 4) is 0 Å². The second-order valence-corrected chi connectivity index (χ2v) is 3.94. The molecule has 1 heterocycles. The lowest BCUT2D eigenvalue weighted by Crippen LogP contribution is -2.19. The minimum absolute atomic E-state index is 0.0134. The molecule has 1 rings (SSSR count). The van der Waals surface area contributed by atoms with E-state index in [1.165, 1.54) is 19.1 Å². The average Bonchev–Trinajstić information content (AvgIpc) is 2.17. The zero-order chi connectivity index (χ0) is 11.3. The molecule has 0 unspecified atom stereocenters. The van der Waals surface area contributed by atoms with Gasteiger partial charge in [0.15, 0.2) is 5.12 Å². The van der Waals surface area contributed by atoms with E-state index in [0.29, 0.717) is 5.75 Å². The van der Waals surface area contributed by atoms with Crippen LogP contribution in [0.3, 0.4) is 0 Å². The molecule has 0 fully saturated rings. The second kappa shape index (κ2) is 5.35. The number of aromatic nitrogens is 2. The Bertz CT molecular complexity index is 487. The fourth-order valence-corrected chi connectivity index (χ4v) is 1.32. The Balaban J connectivity index is 2.72. The summed E-state index contributed by atoms with van der Waals surface area (Å²) in [4.78, 5) is 32.6. The molecular weight excluding hydrogens is 216 g/mol. The molecule has 0 atom stereocenters.